The SMILES string of the molecule is C=CCS[C@@H]1CC[C@H]1C=O. The molecule has 0 heterocycles. The molecule has 0 amide bonds. The third-order valence-corrected chi connectivity index (χ3v) is 3.31. The first-order valence-corrected chi connectivity index (χ1v) is 4.61. The summed E-state index contributed by atoms with van der Waals surface area (Å²) in [6.07, 6.45) is 5.29. The first-order valence-electron chi connectivity index (χ1n) is 3.56. The van der Waals surface area contributed by atoms with Crippen molar-refractivity contribution in [3.63, 3.8) is 0 Å². The predicted molar refractivity (Wildman–Crippen MR) is 45.2 cm³/mol. The molecule has 0 aliphatic heterocycles. The lowest BCUT2D eigenvalue weighted by atomic mass is 9.86. The molecule has 1 rings (SSSR count). The van der Waals surface area contributed by atoms with Gasteiger partial charge in [0, 0.05) is 16.9 Å². The topological polar surface area (TPSA) is 17.1 Å². The van der Waals surface area contributed by atoms with Crippen molar-refractivity contribution in [1.82, 2.24) is 0 Å². The molecule has 56 valence electrons. The average Bonchev–Trinajstić information content (AvgIpc) is 1.88. The van der Waals surface area contributed by atoms with Gasteiger partial charge in [0.15, 0.2) is 0 Å². The fourth-order valence-electron chi connectivity index (χ4n) is 1.05. The number of carbonyl (C=O) groups is 1. The Labute approximate surface area is 65.9 Å². The molecule has 0 bridgehead atoms. The van der Waals surface area contributed by atoms with Gasteiger partial charge in [0.05, 0.1) is 0 Å². The van der Waals surface area contributed by atoms with E-state index in [9.17, 15) is 4.79 Å². The summed E-state index contributed by atoms with van der Waals surface area (Å²) >= 11 is 1.85. The van der Waals surface area contributed by atoms with Crippen LogP contribution in [-0.4, -0.2) is 17.3 Å². The van der Waals surface area contributed by atoms with Crippen LogP contribution in [0.1, 0.15) is 12.8 Å². The van der Waals surface area contributed by atoms with Crippen LogP contribution in [0.3, 0.4) is 0 Å². The van der Waals surface area contributed by atoms with E-state index < -0.39 is 0 Å². The van der Waals surface area contributed by atoms with Crippen molar-refractivity contribution < 1.29 is 4.79 Å². The van der Waals surface area contributed by atoms with Gasteiger partial charge in [-0.25, -0.2) is 0 Å². The maximum atomic E-state index is 10.3. The van der Waals surface area contributed by atoms with E-state index in [2.05, 4.69) is 6.58 Å². The quantitative estimate of drug-likeness (QED) is 0.456. The number of rotatable bonds is 4. The lowest BCUT2D eigenvalue weighted by Gasteiger charge is -2.31. The van der Waals surface area contributed by atoms with Crippen molar-refractivity contribution >= 4 is 18.0 Å². The summed E-state index contributed by atoms with van der Waals surface area (Å²) < 4.78 is 0. The van der Waals surface area contributed by atoms with Crippen molar-refractivity contribution in [1.29, 1.82) is 0 Å². The summed E-state index contributed by atoms with van der Waals surface area (Å²) in [5, 5.41) is 0.593. The van der Waals surface area contributed by atoms with Gasteiger partial charge in [0.25, 0.3) is 0 Å². The molecule has 1 fully saturated rings. The van der Waals surface area contributed by atoms with E-state index in [1.54, 1.807) is 0 Å². The zero-order chi connectivity index (χ0) is 7.40. The standard InChI is InChI=1S/C8H12OS/c1-2-5-10-8-4-3-7(8)6-9/h2,6-8H,1,3-5H2/t7-,8+/m0/s1. The van der Waals surface area contributed by atoms with E-state index in [0.717, 1.165) is 18.5 Å². The van der Waals surface area contributed by atoms with E-state index in [1.807, 2.05) is 17.8 Å². The van der Waals surface area contributed by atoms with Gasteiger partial charge in [-0.1, -0.05) is 6.08 Å². The number of aldehydes is 1. The second kappa shape index (κ2) is 3.81. The lowest BCUT2D eigenvalue weighted by Crippen LogP contribution is -2.29. The zero-order valence-corrected chi connectivity index (χ0v) is 6.77. The fourth-order valence-corrected chi connectivity index (χ4v) is 2.18. The largest absolute Gasteiger partial charge is 0.303 e. The van der Waals surface area contributed by atoms with Gasteiger partial charge in [0.2, 0.25) is 0 Å². The highest BCUT2D eigenvalue weighted by atomic mass is 32.2. The predicted octanol–water partition coefficient (Wildman–Crippen LogP) is 1.88. The Morgan fingerprint density at radius 3 is 2.80 bits per heavy atom. The molecule has 2 heteroatoms. The Hall–Kier alpha value is -0.240. The Balaban J connectivity index is 2.16. The van der Waals surface area contributed by atoms with Crippen LogP contribution in [0.2, 0.25) is 0 Å². The van der Waals surface area contributed by atoms with E-state index in [0.29, 0.717) is 11.2 Å². The van der Waals surface area contributed by atoms with Crippen molar-refractivity contribution in [2.45, 2.75) is 18.1 Å². The highest BCUT2D eigenvalue weighted by molar-refractivity contribution is 8.00. The molecule has 0 radical (unpaired) electrons. The number of hydrogen-bond acceptors (Lipinski definition) is 2. The van der Waals surface area contributed by atoms with Crippen LogP contribution < -0.4 is 0 Å². The van der Waals surface area contributed by atoms with E-state index in [-0.39, 0.29) is 0 Å². The van der Waals surface area contributed by atoms with Crippen LogP contribution in [-0.2, 0) is 4.79 Å². The minimum Gasteiger partial charge on any atom is -0.303 e. The number of hydrogen-bond donors (Lipinski definition) is 0. The van der Waals surface area contributed by atoms with Crippen LogP contribution in [0, 0.1) is 5.92 Å². The van der Waals surface area contributed by atoms with Crippen LogP contribution in [0.25, 0.3) is 0 Å². The minimum atomic E-state index is 0.338. The molecule has 0 unspecified atom stereocenters. The maximum Gasteiger partial charge on any atom is 0.124 e. The molecule has 1 aliphatic carbocycles. The van der Waals surface area contributed by atoms with Crippen LogP contribution in [0.5, 0.6) is 0 Å². The molecule has 1 nitrogen and oxygen atoms in total. The van der Waals surface area contributed by atoms with Gasteiger partial charge < -0.3 is 4.79 Å². The van der Waals surface area contributed by atoms with Gasteiger partial charge in [-0.05, 0) is 12.8 Å². The lowest BCUT2D eigenvalue weighted by molar-refractivity contribution is -0.112. The summed E-state index contributed by atoms with van der Waals surface area (Å²) in [6.45, 7) is 3.63. The average molecular weight is 156 g/mol. The molecular formula is C8H12OS. The molecule has 1 saturated carbocycles. The molecule has 2 atom stereocenters. The van der Waals surface area contributed by atoms with E-state index >= 15 is 0 Å². The zero-order valence-electron chi connectivity index (χ0n) is 5.95. The van der Waals surface area contributed by atoms with Gasteiger partial charge in [-0.2, -0.15) is 11.8 Å². The van der Waals surface area contributed by atoms with Crippen LogP contribution in [0.4, 0.5) is 0 Å². The fraction of sp³-hybridized carbons (Fsp3) is 0.625. The molecular weight excluding hydrogens is 144 g/mol. The second-order valence-corrected chi connectivity index (χ2v) is 3.81. The molecule has 10 heavy (non-hydrogen) atoms. The normalized spacial score (nSPS) is 30.8. The van der Waals surface area contributed by atoms with E-state index in [1.165, 1.54) is 6.42 Å². The molecule has 0 saturated heterocycles. The molecule has 0 aromatic carbocycles. The third kappa shape index (κ3) is 1.63. The van der Waals surface area contributed by atoms with Gasteiger partial charge in [-0.15, -0.1) is 6.58 Å². The molecule has 1 aliphatic rings. The van der Waals surface area contributed by atoms with Crippen molar-refractivity contribution in [2.75, 3.05) is 5.75 Å². The van der Waals surface area contributed by atoms with Crippen LogP contribution >= 0.6 is 11.8 Å². The third-order valence-electron chi connectivity index (χ3n) is 1.87. The summed E-state index contributed by atoms with van der Waals surface area (Å²) in [5.74, 6) is 1.32. The first kappa shape index (κ1) is 7.86. The Kier molecular flexibility index (Phi) is 3.00. The van der Waals surface area contributed by atoms with Gasteiger partial charge in [0.1, 0.15) is 6.29 Å². The number of carbonyl (C=O) groups excluding carboxylic acids is 1. The smallest absolute Gasteiger partial charge is 0.124 e. The molecule has 0 spiro atoms. The second-order valence-electron chi connectivity index (χ2n) is 2.54. The minimum absolute atomic E-state index is 0.338. The Bertz CT molecular complexity index is 133. The number of thioether (sulfide) groups is 1. The molecule has 0 aromatic rings. The summed E-state index contributed by atoms with van der Waals surface area (Å²) in [7, 11) is 0. The van der Waals surface area contributed by atoms with E-state index in [4.69, 9.17) is 0 Å². The first-order chi connectivity index (χ1) is 4.88. The maximum absolute atomic E-state index is 10.3. The van der Waals surface area contributed by atoms with Crippen molar-refractivity contribution in [3.05, 3.63) is 12.7 Å². The Morgan fingerprint density at radius 2 is 2.40 bits per heavy atom. The summed E-state index contributed by atoms with van der Waals surface area (Å²) in [5.41, 5.74) is 0. The highest BCUT2D eigenvalue weighted by Gasteiger charge is 2.29. The summed E-state index contributed by atoms with van der Waals surface area (Å²) in [6, 6.07) is 0. The monoisotopic (exact) mass is 156 g/mol. The van der Waals surface area contributed by atoms with Crippen molar-refractivity contribution in [2.24, 2.45) is 5.92 Å². The molecule has 0 aromatic heterocycles. The molecule has 0 N–H and O–H groups in total. The van der Waals surface area contributed by atoms with Crippen molar-refractivity contribution in [3.8, 4) is 0 Å². The Morgan fingerprint density at radius 1 is 1.60 bits per heavy atom. The van der Waals surface area contributed by atoms with Gasteiger partial charge in [-0.3, -0.25) is 0 Å². The summed E-state index contributed by atoms with van der Waals surface area (Å²) in [4.78, 5) is 10.3. The van der Waals surface area contributed by atoms with Gasteiger partial charge >= 0.3 is 0 Å². The van der Waals surface area contributed by atoms with Crippen LogP contribution in [0.15, 0.2) is 12.7 Å². The highest BCUT2D eigenvalue weighted by Crippen LogP contribution is 2.35.